The van der Waals surface area contributed by atoms with E-state index in [9.17, 15) is 9.18 Å². The van der Waals surface area contributed by atoms with Crippen LogP contribution in [-0.4, -0.2) is 43.5 Å². The van der Waals surface area contributed by atoms with Crippen LogP contribution in [-0.2, 0) is 0 Å². The van der Waals surface area contributed by atoms with E-state index in [0.717, 1.165) is 25.9 Å². The number of amides is 1. The number of nitrogens with zero attached hydrogens (tertiary/aromatic N) is 1. The van der Waals surface area contributed by atoms with E-state index in [4.69, 9.17) is 5.73 Å². The van der Waals surface area contributed by atoms with E-state index in [1.54, 1.807) is 6.07 Å². The third kappa shape index (κ3) is 4.28. The highest BCUT2D eigenvalue weighted by atomic mass is 19.1. The molecule has 1 saturated heterocycles. The monoisotopic (exact) mass is 289 g/mol. The fourth-order valence-electron chi connectivity index (χ4n) is 2.33. The highest BCUT2D eigenvalue weighted by Gasteiger charge is 2.19. The molecule has 1 aromatic carbocycles. The quantitative estimate of drug-likeness (QED) is 0.797. The molecule has 3 N–H and O–H groups in total. The number of nitrogens with two attached hydrogens (primary N) is 1. The molecule has 4 nitrogen and oxygen atoms in total. The first-order valence-electron chi connectivity index (χ1n) is 7.08. The molecule has 1 fully saturated rings. The molecular weight excluding hydrogens is 269 g/mol. The number of hydrogen-bond donors (Lipinski definition) is 2. The van der Waals surface area contributed by atoms with Crippen molar-refractivity contribution in [2.45, 2.75) is 18.9 Å². The number of nitrogens with one attached hydrogen (secondary N) is 1. The number of halogens is 1. The van der Waals surface area contributed by atoms with Gasteiger partial charge >= 0.3 is 0 Å². The highest BCUT2D eigenvalue weighted by molar-refractivity contribution is 5.94. The molecule has 2 rings (SSSR count). The molecule has 1 heterocycles. The zero-order valence-corrected chi connectivity index (χ0v) is 12.2. The van der Waals surface area contributed by atoms with Crippen LogP contribution in [0.25, 0.3) is 0 Å². The lowest BCUT2D eigenvalue weighted by atomic mass is 10.0. The van der Waals surface area contributed by atoms with Gasteiger partial charge in [-0.05, 0) is 51.2 Å². The second-order valence-electron chi connectivity index (χ2n) is 5.25. The SMILES string of the molecule is CN1CCC(NC(=O)c2ccc(C#CCN)c(F)c2)CC1. The molecule has 5 heteroatoms. The van der Waals surface area contributed by atoms with Gasteiger partial charge in [0.2, 0.25) is 0 Å². The number of hydrogen-bond acceptors (Lipinski definition) is 3. The van der Waals surface area contributed by atoms with E-state index in [-0.39, 0.29) is 24.1 Å². The minimum absolute atomic E-state index is 0.161. The van der Waals surface area contributed by atoms with Crippen LogP contribution >= 0.6 is 0 Å². The van der Waals surface area contributed by atoms with Gasteiger partial charge in [0, 0.05) is 11.6 Å². The molecule has 1 aliphatic rings. The Morgan fingerprint density at radius 3 is 2.81 bits per heavy atom. The molecule has 0 radical (unpaired) electrons. The van der Waals surface area contributed by atoms with Crippen molar-refractivity contribution in [3.8, 4) is 11.8 Å². The molecule has 0 aromatic heterocycles. The zero-order chi connectivity index (χ0) is 15.2. The maximum absolute atomic E-state index is 13.8. The van der Waals surface area contributed by atoms with Crippen molar-refractivity contribution < 1.29 is 9.18 Å². The molecule has 0 saturated carbocycles. The van der Waals surface area contributed by atoms with Crippen molar-refractivity contribution in [3.63, 3.8) is 0 Å². The van der Waals surface area contributed by atoms with Crippen LogP contribution in [0.2, 0.25) is 0 Å². The maximum Gasteiger partial charge on any atom is 0.251 e. The van der Waals surface area contributed by atoms with Crippen LogP contribution in [0.1, 0.15) is 28.8 Å². The summed E-state index contributed by atoms with van der Waals surface area (Å²) in [6.07, 6.45) is 1.84. The first-order chi connectivity index (χ1) is 10.1. The Morgan fingerprint density at radius 2 is 2.19 bits per heavy atom. The molecule has 112 valence electrons. The average molecular weight is 289 g/mol. The summed E-state index contributed by atoms with van der Waals surface area (Å²) in [5.41, 5.74) is 5.84. The van der Waals surface area contributed by atoms with Crippen LogP contribution in [0.4, 0.5) is 4.39 Å². The minimum Gasteiger partial charge on any atom is -0.349 e. The maximum atomic E-state index is 13.8. The van der Waals surface area contributed by atoms with Crippen LogP contribution in [0.3, 0.4) is 0 Å². The van der Waals surface area contributed by atoms with Gasteiger partial charge in [0.25, 0.3) is 5.91 Å². The zero-order valence-electron chi connectivity index (χ0n) is 12.2. The summed E-state index contributed by atoms with van der Waals surface area (Å²) >= 11 is 0. The number of rotatable bonds is 2. The summed E-state index contributed by atoms with van der Waals surface area (Å²) in [5, 5.41) is 2.96. The van der Waals surface area contributed by atoms with E-state index in [1.807, 2.05) is 0 Å². The smallest absolute Gasteiger partial charge is 0.251 e. The summed E-state index contributed by atoms with van der Waals surface area (Å²) in [7, 11) is 2.06. The summed E-state index contributed by atoms with van der Waals surface area (Å²) in [4.78, 5) is 14.4. The molecule has 0 bridgehead atoms. The van der Waals surface area contributed by atoms with Gasteiger partial charge in [-0.15, -0.1) is 0 Å². The molecule has 0 unspecified atom stereocenters. The number of carbonyl (C=O) groups is 1. The van der Waals surface area contributed by atoms with Crippen LogP contribution in [0, 0.1) is 17.7 Å². The number of likely N-dealkylation sites (tertiary alicyclic amines) is 1. The largest absolute Gasteiger partial charge is 0.349 e. The Hall–Kier alpha value is -1.90. The van der Waals surface area contributed by atoms with Crippen molar-refractivity contribution in [3.05, 3.63) is 35.1 Å². The van der Waals surface area contributed by atoms with E-state index < -0.39 is 5.82 Å². The standard InChI is InChI=1S/C16H20FN3O/c1-20-9-6-14(7-10-20)19-16(21)13-5-4-12(3-2-8-18)15(17)11-13/h4-5,11,14H,6-10,18H2,1H3,(H,19,21). The van der Waals surface area contributed by atoms with Gasteiger partial charge in [-0.2, -0.15) is 0 Å². The molecule has 0 spiro atoms. The topological polar surface area (TPSA) is 58.4 Å². The predicted octanol–water partition coefficient (Wildman–Crippen LogP) is 0.960. The van der Waals surface area contributed by atoms with Gasteiger partial charge in [0.1, 0.15) is 5.82 Å². The fourth-order valence-corrected chi connectivity index (χ4v) is 2.33. The van der Waals surface area contributed by atoms with Crippen LogP contribution in [0.15, 0.2) is 18.2 Å². The second kappa shape index (κ2) is 7.21. The number of benzene rings is 1. The molecule has 1 aliphatic heterocycles. The van der Waals surface area contributed by atoms with Crippen molar-refractivity contribution >= 4 is 5.91 Å². The van der Waals surface area contributed by atoms with E-state index in [0.29, 0.717) is 5.56 Å². The molecular formula is C16H20FN3O. The van der Waals surface area contributed by atoms with Gasteiger partial charge in [-0.25, -0.2) is 4.39 Å². The molecule has 1 aromatic rings. The third-order valence-corrected chi connectivity index (χ3v) is 3.61. The van der Waals surface area contributed by atoms with Gasteiger partial charge < -0.3 is 16.0 Å². The van der Waals surface area contributed by atoms with E-state index in [1.165, 1.54) is 12.1 Å². The van der Waals surface area contributed by atoms with E-state index >= 15 is 0 Å². The molecule has 0 aliphatic carbocycles. The van der Waals surface area contributed by atoms with Gasteiger partial charge in [0.15, 0.2) is 0 Å². The lowest BCUT2D eigenvalue weighted by Crippen LogP contribution is -2.43. The number of carbonyl (C=O) groups excluding carboxylic acids is 1. The summed E-state index contributed by atoms with van der Waals surface area (Å²) in [5.74, 6) is 4.51. The van der Waals surface area contributed by atoms with Crippen LogP contribution in [0.5, 0.6) is 0 Å². The average Bonchev–Trinajstić information content (AvgIpc) is 2.48. The lowest BCUT2D eigenvalue weighted by Gasteiger charge is -2.29. The molecule has 1 amide bonds. The van der Waals surface area contributed by atoms with Crippen molar-refractivity contribution in [1.82, 2.24) is 10.2 Å². The predicted molar refractivity (Wildman–Crippen MR) is 80.3 cm³/mol. The highest BCUT2D eigenvalue weighted by Crippen LogP contribution is 2.12. The van der Waals surface area contributed by atoms with Gasteiger partial charge in [0.05, 0.1) is 12.1 Å². The van der Waals surface area contributed by atoms with E-state index in [2.05, 4.69) is 29.1 Å². The van der Waals surface area contributed by atoms with Gasteiger partial charge in [-0.3, -0.25) is 4.79 Å². The van der Waals surface area contributed by atoms with Crippen molar-refractivity contribution in [2.24, 2.45) is 5.73 Å². The van der Waals surface area contributed by atoms with Gasteiger partial charge in [-0.1, -0.05) is 11.8 Å². The van der Waals surface area contributed by atoms with Crippen LogP contribution < -0.4 is 11.1 Å². The lowest BCUT2D eigenvalue weighted by molar-refractivity contribution is 0.0916. The number of piperidine rings is 1. The normalized spacial score (nSPS) is 16.1. The Kier molecular flexibility index (Phi) is 5.32. The summed E-state index contributed by atoms with van der Waals surface area (Å²) < 4.78 is 13.8. The Labute approximate surface area is 124 Å². The van der Waals surface area contributed by atoms with Crippen molar-refractivity contribution in [1.29, 1.82) is 0 Å². The Bertz CT molecular complexity index is 569. The Balaban J connectivity index is 2.01. The molecule has 0 atom stereocenters. The van der Waals surface area contributed by atoms with Crippen molar-refractivity contribution in [2.75, 3.05) is 26.7 Å². The first kappa shape index (κ1) is 15.5. The summed E-state index contributed by atoms with van der Waals surface area (Å²) in [6.45, 7) is 2.11. The fraction of sp³-hybridized carbons (Fsp3) is 0.438. The minimum atomic E-state index is -0.494. The Morgan fingerprint density at radius 1 is 1.48 bits per heavy atom. The second-order valence-corrected chi connectivity index (χ2v) is 5.25. The molecule has 21 heavy (non-hydrogen) atoms. The third-order valence-electron chi connectivity index (χ3n) is 3.61. The summed E-state index contributed by atoms with van der Waals surface area (Å²) in [6, 6.07) is 4.49. The first-order valence-corrected chi connectivity index (χ1v) is 7.08.